The molecule has 0 fully saturated rings. The first-order chi connectivity index (χ1) is 13.4. The highest BCUT2D eigenvalue weighted by atomic mass is 35.5. The van der Waals surface area contributed by atoms with Gasteiger partial charge in [0.25, 0.3) is 5.91 Å². The van der Waals surface area contributed by atoms with Gasteiger partial charge in [-0.3, -0.25) is 4.79 Å². The Bertz CT molecular complexity index is 1020. The quantitative estimate of drug-likeness (QED) is 0.630. The summed E-state index contributed by atoms with van der Waals surface area (Å²) in [6, 6.07) is 9.36. The first-order valence-corrected chi connectivity index (χ1v) is 9.07. The van der Waals surface area contributed by atoms with Crippen molar-refractivity contribution in [3.8, 4) is 5.75 Å². The lowest BCUT2D eigenvalue weighted by Crippen LogP contribution is -2.15. The van der Waals surface area contributed by atoms with Gasteiger partial charge >= 0.3 is 0 Å². The van der Waals surface area contributed by atoms with Gasteiger partial charge in [0.2, 0.25) is 0 Å². The van der Waals surface area contributed by atoms with E-state index in [0.29, 0.717) is 22.3 Å². The summed E-state index contributed by atoms with van der Waals surface area (Å²) >= 11 is 6.13. The van der Waals surface area contributed by atoms with Crippen LogP contribution < -0.4 is 15.4 Å². The normalized spacial score (nSPS) is 10.5. The first-order valence-electron chi connectivity index (χ1n) is 8.70. The summed E-state index contributed by atoms with van der Waals surface area (Å²) in [7, 11) is 1.57. The molecule has 3 aromatic rings. The average Bonchev–Trinajstić information content (AvgIpc) is 2.68. The Morgan fingerprint density at radius 1 is 1.04 bits per heavy atom. The maximum Gasteiger partial charge on any atom is 0.275 e. The van der Waals surface area contributed by atoms with E-state index in [1.54, 1.807) is 13.2 Å². The van der Waals surface area contributed by atoms with Crippen LogP contribution in [0.3, 0.4) is 0 Å². The fraction of sp³-hybridized carbons (Fsp3) is 0.190. The van der Waals surface area contributed by atoms with Crippen molar-refractivity contribution in [1.82, 2.24) is 9.97 Å². The number of carbonyl (C=O) groups excluding carboxylic acids is 1. The minimum Gasteiger partial charge on any atom is -0.495 e. The summed E-state index contributed by atoms with van der Waals surface area (Å²) in [5.74, 6) is 0.769. The topological polar surface area (TPSA) is 76.1 Å². The highest BCUT2D eigenvalue weighted by Gasteiger charge is 2.12. The highest BCUT2D eigenvalue weighted by molar-refractivity contribution is 6.31. The summed E-state index contributed by atoms with van der Waals surface area (Å²) < 4.78 is 5.34. The smallest absolute Gasteiger partial charge is 0.275 e. The fourth-order valence-electron chi connectivity index (χ4n) is 2.65. The van der Waals surface area contributed by atoms with Crippen LogP contribution >= 0.6 is 11.6 Å². The molecule has 2 N–H and O–H groups in total. The van der Waals surface area contributed by atoms with Crippen molar-refractivity contribution < 1.29 is 9.53 Å². The number of aromatic nitrogens is 2. The Morgan fingerprint density at radius 3 is 2.50 bits per heavy atom. The molecular formula is C21H21ClN4O2. The molecule has 7 heteroatoms. The van der Waals surface area contributed by atoms with Crippen LogP contribution in [0.1, 0.15) is 27.2 Å². The average molecular weight is 397 g/mol. The number of amides is 1. The Hall–Kier alpha value is -3.12. The predicted octanol–water partition coefficient (Wildman–Crippen LogP) is 5.06. The number of benzene rings is 2. The Kier molecular flexibility index (Phi) is 5.80. The zero-order chi connectivity index (χ0) is 20.3. The number of anilines is 3. The lowest BCUT2D eigenvalue weighted by atomic mass is 10.1. The van der Waals surface area contributed by atoms with Crippen molar-refractivity contribution in [3.63, 3.8) is 0 Å². The molecule has 2 aromatic carbocycles. The van der Waals surface area contributed by atoms with Gasteiger partial charge < -0.3 is 15.4 Å². The minimum absolute atomic E-state index is 0.228. The fourth-order valence-corrected chi connectivity index (χ4v) is 2.80. The second-order valence-corrected chi connectivity index (χ2v) is 6.82. The number of nitrogens with zero attached hydrogens (tertiary/aromatic N) is 2. The molecule has 0 aliphatic heterocycles. The maximum absolute atomic E-state index is 12.5. The molecule has 0 radical (unpaired) electrons. The van der Waals surface area contributed by atoms with Crippen molar-refractivity contribution >= 4 is 34.7 Å². The van der Waals surface area contributed by atoms with Crippen molar-refractivity contribution in [2.45, 2.75) is 20.8 Å². The molecule has 3 rings (SSSR count). The van der Waals surface area contributed by atoms with E-state index in [-0.39, 0.29) is 11.6 Å². The molecule has 0 spiro atoms. The van der Waals surface area contributed by atoms with Gasteiger partial charge in [0.1, 0.15) is 17.3 Å². The Labute approximate surface area is 168 Å². The summed E-state index contributed by atoms with van der Waals surface area (Å²) in [6.45, 7) is 5.86. The van der Waals surface area contributed by atoms with Crippen LogP contribution in [0, 0.1) is 20.8 Å². The van der Waals surface area contributed by atoms with E-state index in [9.17, 15) is 4.79 Å². The molecule has 0 saturated carbocycles. The van der Waals surface area contributed by atoms with Crippen LogP contribution in [-0.4, -0.2) is 23.0 Å². The summed E-state index contributed by atoms with van der Waals surface area (Å²) in [4.78, 5) is 21.0. The Balaban J connectivity index is 1.76. The van der Waals surface area contributed by atoms with E-state index >= 15 is 0 Å². The second-order valence-electron chi connectivity index (χ2n) is 6.42. The highest BCUT2D eigenvalue weighted by Crippen LogP contribution is 2.32. The molecular weight excluding hydrogens is 376 g/mol. The number of aryl methyl sites for hydroxylation is 2. The van der Waals surface area contributed by atoms with Crippen LogP contribution in [0.15, 0.2) is 42.7 Å². The number of carbonyl (C=O) groups is 1. The molecule has 0 aliphatic carbocycles. The number of ether oxygens (including phenoxy) is 1. The molecule has 0 aliphatic rings. The molecule has 1 heterocycles. The van der Waals surface area contributed by atoms with Gasteiger partial charge in [-0.05, 0) is 49.6 Å². The van der Waals surface area contributed by atoms with Crippen molar-refractivity contribution in [2.75, 3.05) is 17.7 Å². The number of halogens is 1. The standard InChI is InChI=1S/C21H21ClN4O2/c1-12-6-5-7-16(14(12)3)26-21(27)18-10-24-20(11-23-18)25-17-8-13(2)15(22)9-19(17)28-4/h5-11H,1-4H3,(H,24,25)(H,26,27). The maximum atomic E-state index is 12.5. The third-order valence-corrected chi connectivity index (χ3v) is 4.89. The number of hydrogen-bond acceptors (Lipinski definition) is 5. The van der Waals surface area contributed by atoms with E-state index in [1.165, 1.54) is 12.4 Å². The molecule has 0 saturated heterocycles. The van der Waals surface area contributed by atoms with Crippen molar-refractivity contribution in [3.05, 3.63) is 70.1 Å². The molecule has 6 nitrogen and oxygen atoms in total. The van der Waals surface area contributed by atoms with Gasteiger partial charge in [0.15, 0.2) is 0 Å². The van der Waals surface area contributed by atoms with Gasteiger partial charge in [-0.15, -0.1) is 0 Å². The number of rotatable bonds is 5. The summed E-state index contributed by atoms with van der Waals surface area (Å²) in [5.41, 5.74) is 4.73. The largest absolute Gasteiger partial charge is 0.495 e. The van der Waals surface area contributed by atoms with E-state index in [2.05, 4.69) is 20.6 Å². The lowest BCUT2D eigenvalue weighted by molar-refractivity contribution is 0.102. The molecule has 1 amide bonds. The van der Waals surface area contributed by atoms with Crippen LogP contribution in [0.5, 0.6) is 5.75 Å². The monoisotopic (exact) mass is 396 g/mol. The predicted molar refractivity (Wildman–Crippen MR) is 112 cm³/mol. The van der Waals surface area contributed by atoms with Crippen molar-refractivity contribution in [1.29, 1.82) is 0 Å². The van der Waals surface area contributed by atoms with Crippen molar-refractivity contribution in [2.24, 2.45) is 0 Å². The van der Waals surface area contributed by atoms with E-state index in [1.807, 2.05) is 45.0 Å². The van der Waals surface area contributed by atoms with E-state index < -0.39 is 0 Å². The molecule has 1 aromatic heterocycles. The molecule has 28 heavy (non-hydrogen) atoms. The summed E-state index contributed by atoms with van der Waals surface area (Å²) in [6.07, 6.45) is 2.93. The second kappa shape index (κ2) is 8.27. The third kappa shape index (κ3) is 4.23. The zero-order valence-corrected chi connectivity index (χ0v) is 16.9. The van der Waals surface area contributed by atoms with Gasteiger partial charge in [-0.25, -0.2) is 9.97 Å². The van der Waals surface area contributed by atoms with Gasteiger partial charge in [0, 0.05) is 16.8 Å². The van der Waals surface area contributed by atoms with Crippen LogP contribution in [0.4, 0.5) is 17.2 Å². The van der Waals surface area contributed by atoms with Gasteiger partial charge in [-0.2, -0.15) is 0 Å². The zero-order valence-electron chi connectivity index (χ0n) is 16.1. The third-order valence-electron chi connectivity index (χ3n) is 4.48. The first kappa shape index (κ1) is 19.6. The number of nitrogens with one attached hydrogen (secondary N) is 2. The van der Waals surface area contributed by atoms with Gasteiger partial charge in [-0.1, -0.05) is 23.7 Å². The molecule has 144 valence electrons. The van der Waals surface area contributed by atoms with Crippen LogP contribution in [-0.2, 0) is 0 Å². The SMILES string of the molecule is COc1cc(Cl)c(C)cc1Nc1cnc(C(=O)Nc2cccc(C)c2C)cn1. The summed E-state index contributed by atoms with van der Waals surface area (Å²) in [5, 5.41) is 6.62. The molecule has 0 atom stereocenters. The van der Waals surface area contributed by atoms with E-state index in [0.717, 1.165) is 22.4 Å². The molecule has 0 bridgehead atoms. The minimum atomic E-state index is -0.312. The number of hydrogen-bond donors (Lipinski definition) is 2. The van der Waals surface area contributed by atoms with E-state index in [4.69, 9.17) is 16.3 Å². The lowest BCUT2D eigenvalue weighted by Gasteiger charge is -2.13. The van der Waals surface area contributed by atoms with Gasteiger partial charge in [0.05, 0.1) is 25.2 Å². The van der Waals surface area contributed by atoms with Crippen LogP contribution in [0.2, 0.25) is 5.02 Å². The number of methoxy groups -OCH3 is 1. The van der Waals surface area contributed by atoms with Crippen LogP contribution in [0.25, 0.3) is 0 Å². The molecule has 0 unspecified atom stereocenters. The Morgan fingerprint density at radius 2 is 1.82 bits per heavy atom.